The van der Waals surface area contributed by atoms with Gasteiger partial charge < -0.3 is 14.8 Å². The molecular weight excluding hydrogens is 470 g/mol. The molecule has 0 spiro atoms. The van der Waals surface area contributed by atoms with Gasteiger partial charge in [0.1, 0.15) is 5.82 Å². The van der Waals surface area contributed by atoms with Gasteiger partial charge in [0.05, 0.1) is 29.7 Å². The molecule has 2 aromatic heterocycles. The van der Waals surface area contributed by atoms with E-state index in [4.69, 9.17) is 5.10 Å². The second-order valence-corrected chi connectivity index (χ2v) is 10.1. The van der Waals surface area contributed by atoms with Gasteiger partial charge in [-0.15, -0.1) is 0 Å². The normalized spacial score (nSPS) is 14.5. The number of hydrogen-bond donors (Lipinski definition) is 1. The summed E-state index contributed by atoms with van der Waals surface area (Å²) in [6.45, 7) is 8.64. The van der Waals surface area contributed by atoms with Gasteiger partial charge in [-0.3, -0.25) is 0 Å². The molecular formula is C32H31N5O. The standard InChI is InChI=1S/C32H31N5O/c1-21-11-8-13-25(19-21)30-29-17-10-18-35(29)31-27(24(4)34-37(31)26-14-6-5-7-15-26)20-36(30)32(38)33-28-16-9-12-22(2)23(28)3/h5-19,30H,20H2,1-4H3,(H,33,38)/t30-/m1/s1. The quantitative estimate of drug-likeness (QED) is 0.288. The maximum absolute atomic E-state index is 14.2. The molecule has 0 radical (unpaired) electrons. The lowest BCUT2D eigenvalue weighted by Crippen LogP contribution is -2.38. The number of hydrogen-bond acceptors (Lipinski definition) is 2. The van der Waals surface area contributed by atoms with Gasteiger partial charge in [-0.05, 0) is 74.7 Å². The number of carbonyl (C=O) groups excluding carboxylic acids is 1. The first-order chi connectivity index (χ1) is 18.4. The van der Waals surface area contributed by atoms with Gasteiger partial charge in [0.25, 0.3) is 0 Å². The van der Waals surface area contributed by atoms with E-state index < -0.39 is 0 Å². The molecule has 3 aromatic carbocycles. The van der Waals surface area contributed by atoms with Gasteiger partial charge in [-0.2, -0.15) is 5.10 Å². The fourth-order valence-electron chi connectivity index (χ4n) is 5.41. The number of para-hydroxylation sites is 1. The second kappa shape index (κ2) is 9.38. The lowest BCUT2D eigenvalue weighted by molar-refractivity contribution is 0.194. The van der Waals surface area contributed by atoms with Crippen LogP contribution >= 0.6 is 0 Å². The van der Waals surface area contributed by atoms with E-state index in [1.54, 1.807) is 0 Å². The Hall–Kier alpha value is -4.58. The molecule has 0 aliphatic carbocycles. The molecule has 5 aromatic rings. The minimum Gasteiger partial charge on any atom is -0.308 e. The lowest BCUT2D eigenvalue weighted by atomic mass is 10.00. The van der Waals surface area contributed by atoms with Crippen LogP contribution in [0.2, 0.25) is 0 Å². The average Bonchev–Trinajstić information content (AvgIpc) is 3.47. The summed E-state index contributed by atoms with van der Waals surface area (Å²) in [6.07, 6.45) is 2.07. The Morgan fingerprint density at radius 1 is 0.895 bits per heavy atom. The number of fused-ring (bicyclic) bond motifs is 3. The van der Waals surface area contributed by atoms with E-state index in [2.05, 4.69) is 78.5 Å². The van der Waals surface area contributed by atoms with Crippen molar-refractivity contribution in [3.05, 3.63) is 130 Å². The van der Waals surface area contributed by atoms with Crippen LogP contribution in [0, 0.1) is 27.7 Å². The Balaban J connectivity index is 1.54. The third-order valence-corrected chi connectivity index (χ3v) is 7.55. The summed E-state index contributed by atoms with van der Waals surface area (Å²) >= 11 is 0. The molecule has 38 heavy (non-hydrogen) atoms. The molecule has 0 fully saturated rings. The van der Waals surface area contributed by atoms with Gasteiger partial charge in [-0.25, -0.2) is 9.48 Å². The number of anilines is 1. The minimum atomic E-state index is -0.286. The van der Waals surface area contributed by atoms with Crippen LogP contribution in [0.5, 0.6) is 0 Å². The fourth-order valence-corrected chi connectivity index (χ4v) is 5.41. The van der Waals surface area contributed by atoms with Gasteiger partial charge in [-0.1, -0.05) is 60.2 Å². The van der Waals surface area contributed by atoms with Crippen molar-refractivity contribution < 1.29 is 4.79 Å². The van der Waals surface area contributed by atoms with Crippen LogP contribution in [0.1, 0.15) is 45.2 Å². The van der Waals surface area contributed by atoms with Crippen LogP contribution < -0.4 is 5.32 Å². The molecule has 1 N–H and O–H groups in total. The molecule has 1 aliphatic rings. The molecule has 190 valence electrons. The largest absolute Gasteiger partial charge is 0.322 e. The zero-order valence-electron chi connectivity index (χ0n) is 22.1. The van der Waals surface area contributed by atoms with Gasteiger partial charge >= 0.3 is 6.03 Å². The van der Waals surface area contributed by atoms with Crippen molar-refractivity contribution in [2.75, 3.05) is 5.32 Å². The molecule has 6 rings (SSSR count). The van der Waals surface area contributed by atoms with Crippen molar-refractivity contribution in [1.29, 1.82) is 0 Å². The zero-order chi connectivity index (χ0) is 26.4. The average molecular weight is 502 g/mol. The van der Waals surface area contributed by atoms with E-state index >= 15 is 0 Å². The predicted molar refractivity (Wildman–Crippen MR) is 151 cm³/mol. The topological polar surface area (TPSA) is 55.1 Å². The van der Waals surface area contributed by atoms with Gasteiger partial charge in [0.2, 0.25) is 0 Å². The SMILES string of the molecule is Cc1cccc([C@@H]2c3cccn3-c3c(c(C)nn3-c3ccccc3)CN2C(=O)Nc2cccc(C)c2C)c1. The molecule has 3 heterocycles. The Kier molecular flexibility index (Phi) is 5.87. The van der Waals surface area contributed by atoms with Crippen LogP contribution in [0.4, 0.5) is 10.5 Å². The smallest absolute Gasteiger partial charge is 0.308 e. The summed E-state index contributed by atoms with van der Waals surface area (Å²) in [5.74, 6) is 0.966. The van der Waals surface area contributed by atoms with Crippen LogP contribution in [0.15, 0.2) is 91.1 Å². The number of nitrogens with one attached hydrogen (secondary N) is 1. The van der Waals surface area contributed by atoms with E-state index in [0.717, 1.165) is 56.4 Å². The van der Waals surface area contributed by atoms with Crippen molar-refractivity contribution in [2.45, 2.75) is 40.3 Å². The predicted octanol–water partition coefficient (Wildman–Crippen LogP) is 7.03. The van der Waals surface area contributed by atoms with Crippen molar-refractivity contribution in [1.82, 2.24) is 19.2 Å². The molecule has 6 nitrogen and oxygen atoms in total. The summed E-state index contributed by atoms with van der Waals surface area (Å²) in [5.41, 5.74) is 9.20. The van der Waals surface area contributed by atoms with E-state index in [1.165, 1.54) is 0 Å². The molecule has 0 bridgehead atoms. The first kappa shape index (κ1) is 23.8. The number of benzene rings is 3. The summed E-state index contributed by atoms with van der Waals surface area (Å²) in [5, 5.41) is 8.16. The van der Waals surface area contributed by atoms with Crippen molar-refractivity contribution in [2.24, 2.45) is 0 Å². The highest BCUT2D eigenvalue weighted by Crippen LogP contribution is 2.39. The minimum absolute atomic E-state index is 0.141. The summed E-state index contributed by atoms with van der Waals surface area (Å²) in [4.78, 5) is 16.1. The molecule has 0 unspecified atom stereocenters. The van der Waals surface area contributed by atoms with Gasteiger partial charge in [0, 0.05) is 17.4 Å². The maximum atomic E-state index is 14.2. The van der Waals surface area contributed by atoms with Crippen LogP contribution in [-0.2, 0) is 6.54 Å². The van der Waals surface area contributed by atoms with E-state index in [1.807, 2.05) is 59.8 Å². The fraction of sp³-hybridized carbons (Fsp3) is 0.188. The lowest BCUT2D eigenvalue weighted by Gasteiger charge is -2.31. The van der Waals surface area contributed by atoms with Crippen LogP contribution in [-0.4, -0.2) is 25.3 Å². The Bertz CT molecular complexity index is 1650. The highest BCUT2D eigenvalue weighted by atomic mass is 16.2. The highest BCUT2D eigenvalue weighted by molar-refractivity contribution is 5.91. The van der Waals surface area contributed by atoms with Crippen molar-refractivity contribution >= 4 is 11.7 Å². The first-order valence-corrected chi connectivity index (χ1v) is 12.9. The van der Waals surface area contributed by atoms with E-state index in [0.29, 0.717) is 6.54 Å². The number of urea groups is 1. The first-order valence-electron chi connectivity index (χ1n) is 12.9. The molecule has 0 saturated carbocycles. The summed E-state index contributed by atoms with van der Waals surface area (Å²) < 4.78 is 4.19. The molecule has 1 atom stereocenters. The maximum Gasteiger partial charge on any atom is 0.322 e. The zero-order valence-corrected chi connectivity index (χ0v) is 22.1. The third-order valence-electron chi connectivity index (χ3n) is 7.55. The third kappa shape index (κ3) is 3.98. The van der Waals surface area contributed by atoms with Crippen LogP contribution in [0.3, 0.4) is 0 Å². The number of rotatable bonds is 3. The Morgan fingerprint density at radius 3 is 2.47 bits per heavy atom. The molecule has 6 heteroatoms. The number of carbonyl (C=O) groups is 1. The molecule has 2 amide bonds. The number of aryl methyl sites for hydroxylation is 3. The van der Waals surface area contributed by atoms with Gasteiger partial charge in [0.15, 0.2) is 0 Å². The van der Waals surface area contributed by atoms with Crippen molar-refractivity contribution in [3.8, 4) is 11.5 Å². The van der Waals surface area contributed by atoms with E-state index in [-0.39, 0.29) is 12.1 Å². The van der Waals surface area contributed by atoms with Crippen LogP contribution in [0.25, 0.3) is 11.5 Å². The van der Waals surface area contributed by atoms with Crippen molar-refractivity contribution in [3.63, 3.8) is 0 Å². The highest BCUT2D eigenvalue weighted by Gasteiger charge is 2.36. The van der Waals surface area contributed by atoms with E-state index in [9.17, 15) is 4.79 Å². The monoisotopic (exact) mass is 501 g/mol. The number of amides is 2. The number of nitrogens with zero attached hydrogens (tertiary/aromatic N) is 4. The molecule has 0 saturated heterocycles. The Labute approximate surface area is 223 Å². The summed E-state index contributed by atoms with van der Waals surface area (Å²) in [7, 11) is 0. The second-order valence-electron chi connectivity index (χ2n) is 10.1. The Morgan fingerprint density at radius 2 is 1.68 bits per heavy atom. The summed E-state index contributed by atoms with van der Waals surface area (Å²) in [6, 6.07) is 28.3. The molecule has 1 aliphatic heterocycles. The number of aromatic nitrogens is 3.